The lowest BCUT2D eigenvalue weighted by Crippen LogP contribution is -2.46. The summed E-state index contributed by atoms with van der Waals surface area (Å²) in [4.78, 5) is 14.4. The third-order valence-electron chi connectivity index (χ3n) is 3.52. The van der Waals surface area contributed by atoms with Crippen molar-refractivity contribution < 1.29 is 9.53 Å². The number of halogens is 2. The Kier molecular flexibility index (Phi) is 5.12. The summed E-state index contributed by atoms with van der Waals surface area (Å²) in [7, 11) is 4.91. The van der Waals surface area contributed by atoms with Crippen LogP contribution in [-0.2, 0) is 15.1 Å². The van der Waals surface area contributed by atoms with Crippen LogP contribution in [0.2, 0.25) is 10.0 Å². The maximum atomic E-state index is 12.9. The average Bonchev–Trinajstić information content (AvgIpc) is 2.51. The van der Waals surface area contributed by atoms with Gasteiger partial charge in [-0.05, 0) is 35.4 Å². The van der Waals surface area contributed by atoms with Gasteiger partial charge in [-0.2, -0.15) is 0 Å². The maximum Gasteiger partial charge on any atom is 0.263 e. The van der Waals surface area contributed by atoms with Crippen LogP contribution in [0, 0.1) is 0 Å². The van der Waals surface area contributed by atoms with Crippen LogP contribution in [-0.4, -0.2) is 32.0 Å². The lowest BCUT2D eigenvalue weighted by atomic mass is 9.84. The van der Waals surface area contributed by atoms with Crippen molar-refractivity contribution in [3.05, 3.63) is 69.7 Å². The van der Waals surface area contributed by atoms with E-state index in [0.717, 1.165) is 0 Å². The number of carbonyl (C=O) groups excluding carboxylic acids is 1. The van der Waals surface area contributed by atoms with Crippen molar-refractivity contribution in [2.75, 3.05) is 21.2 Å². The number of rotatable bonds is 4. The fourth-order valence-corrected chi connectivity index (χ4v) is 2.67. The molecule has 0 radical (unpaired) electrons. The van der Waals surface area contributed by atoms with Gasteiger partial charge in [-0.3, -0.25) is 4.79 Å². The van der Waals surface area contributed by atoms with Crippen LogP contribution >= 0.6 is 23.2 Å². The molecule has 0 bridgehead atoms. The number of carbonyl (C=O) groups is 1. The Morgan fingerprint density at radius 2 is 1.27 bits per heavy atom. The summed E-state index contributed by atoms with van der Waals surface area (Å²) in [5.41, 5.74) is 0.180. The molecule has 0 N–H and O–H groups in total. The molecule has 0 fully saturated rings. The number of ether oxygens (including phenoxy) is 1. The maximum absolute atomic E-state index is 12.9. The smallest absolute Gasteiger partial charge is 0.263 e. The van der Waals surface area contributed by atoms with E-state index < -0.39 is 5.60 Å². The molecule has 0 saturated heterocycles. The quantitative estimate of drug-likeness (QED) is 0.844. The van der Waals surface area contributed by atoms with Crippen LogP contribution < -0.4 is 0 Å². The second-order valence-corrected chi connectivity index (χ2v) is 5.97. The van der Waals surface area contributed by atoms with Crippen molar-refractivity contribution in [3.8, 4) is 0 Å². The van der Waals surface area contributed by atoms with E-state index in [1.807, 2.05) is 0 Å². The average molecular weight is 338 g/mol. The van der Waals surface area contributed by atoms with Crippen molar-refractivity contribution in [2.45, 2.75) is 5.60 Å². The zero-order valence-corrected chi connectivity index (χ0v) is 14.2. The Morgan fingerprint density at radius 3 is 1.55 bits per heavy atom. The molecule has 3 nitrogen and oxygen atoms in total. The van der Waals surface area contributed by atoms with Crippen LogP contribution in [0.3, 0.4) is 0 Å². The molecule has 0 aliphatic rings. The van der Waals surface area contributed by atoms with Crippen LogP contribution in [0.4, 0.5) is 0 Å². The molecule has 116 valence electrons. The van der Waals surface area contributed by atoms with Gasteiger partial charge in [0.15, 0.2) is 5.60 Å². The summed E-state index contributed by atoms with van der Waals surface area (Å²) in [5, 5.41) is 1.20. The molecule has 5 heteroatoms. The Labute approximate surface area is 140 Å². The van der Waals surface area contributed by atoms with Crippen LogP contribution in [0.5, 0.6) is 0 Å². The number of hydrogen-bond donors (Lipinski definition) is 0. The summed E-state index contributed by atoms with van der Waals surface area (Å²) in [6.07, 6.45) is 0. The lowest BCUT2D eigenvalue weighted by Gasteiger charge is -2.34. The number of methoxy groups -OCH3 is 1. The first kappa shape index (κ1) is 16.8. The molecule has 0 aromatic heterocycles. The molecule has 22 heavy (non-hydrogen) atoms. The predicted octanol–water partition coefficient (Wildman–Crippen LogP) is 3.97. The Bertz CT molecular complexity index is 606. The van der Waals surface area contributed by atoms with E-state index >= 15 is 0 Å². The molecule has 0 heterocycles. The number of hydrogen-bond acceptors (Lipinski definition) is 2. The Balaban J connectivity index is 2.69. The van der Waals surface area contributed by atoms with Gasteiger partial charge in [0.05, 0.1) is 0 Å². The molecule has 2 aromatic rings. The van der Waals surface area contributed by atoms with E-state index in [9.17, 15) is 4.79 Å². The summed E-state index contributed by atoms with van der Waals surface area (Å²) in [5.74, 6) is -0.181. The first-order valence-electron chi connectivity index (χ1n) is 6.71. The fraction of sp³-hybridized carbons (Fsp3) is 0.235. The summed E-state index contributed by atoms with van der Waals surface area (Å²) < 4.78 is 5.74. The van der Waals surface area contributed by atoms with Gasteiger partial charge in [0, 0.05) is 31.3 Å². The molecule has 0 spiro atoms. The molecule has 0 saturated carbocycles. The number of benzene rings is 2. The van der Waals surface area contributed by atoms with Gasteiger partial charge in [0.1, 0.15) is 0 Å². The summed E-state index contributed by atoms with van der Waals surface area (Å²) >= 11 is 11.9. The second kappa shape index (κ2) is 6.69. The molecule has 0 aliphatic carbocycles. The second-order valence-electron chi connectivity index (χ2n) is 5.10. The highest BCUT2D eigenvalue weighted by Gasteiger charge is 2.43. The summed E-state index contributed by atoms with van der Waals surface area (Å²) in [6.45, 7) is 0. The fourth-order valence-electron chi connectivity index (χ4n) is 2.42. The highest BCUT2D eigenvalue weighted by atomic mass is 35.5. The largest absolute Gasteiger partial charge is 0.359 e. The highest BCUT2D eigenvalue weighted by Crippen LogP contribution is 2.36. The predicted molar refractivity (Wildman–Crippen MR) is 89.4 cm³/mol. The van der Waals surface area contributed by atoms with E-state index in [0.29, 0.717) is 21.2 Å². The molecule has 0 unspecified atom stereocenters. The van der Waals surface area contributed by atoms with Crippen molar-refractivity contribution in [1.29, 1.82) is 0 Å². The molecule has 0 atom stereocenters. The molecule has 2 rings (SSSR count). The van der Waals surface area contributed by atoms with Gasteiger partial charge in [0.2, 0.25) is 0 Å². The molecular weight excluding hydrogens is 321 g/mol. The van der Waals surface area contributed by atoms with E-state index in [2.05, 4.69) is 0 Å². The number of amides is 1. The first-order chi connectivity index (χ1) is 10.4. The number of nitrogens with zero attached hydrogens (tertiary/aromatic N) is 1. The minimum Gasteiger partial charge on any atom is -0.359 e. The van der Waals surface area contributed by atoms with Crippen LogP contribution in [0.15, 0.2) is 48.5 Å². The van der Waals surface area contributed by atoms with Gasteiger partial charge >= 0.3 is 0 Å². The van der Waals surface area contributed by atoms with E-state index in [-0.39, 0.29) is 5.91 Å². The van der Waals surface area contributed by atoms with Gasteiger partial charge in [-0.25, -0.2) is 0 Å². The highest BCUT2D eigenvalue weighted by molar-refractivity contribution is 6.30. The van der Waals surface area contributed by atoms with Gasteiger partial charge < -0.3 is 9.64 Å². The van der Waals surface area contributed by atoms with Crippen molar-refractivity contribution in [1.82, 2.24) is 4.90 Å². The molecule has 0 aliphatic heterocycles. The van der Waals surface area contributed by atoms with E-state index in [1.165, 1.54) is 12.0 Å². The topological polar surface area (TPSA) is 29.5 Å². The van der Waals surface area contributed by atoms with Crippen LogP contribution in [0.25, 0.3) is 0 Å². The first-order valence-corrected chi connectivity index (χ1v) is 7.46. The normalized spacial score (nSPS) is 11.3. The zero-order valence-electron chi connectivity index (χ0n) is 12.6. The minimum atomic E-state index is -1.24. The van der Waals surface area contributed by atoms with Gasteiger partial charge in [0.25, 0.3) is 5.91 Å². The van der Waals surface area contributed by atoms with Crippen molar-refractivity contribution in [2.24, 2.45) is 0 Å². The molecule has 2 aromatic carbocycles. The zero-order chi connectivity index (χ0) is 16.3. The van der Waals surface area contributed by atoms with Crippen molar-refractivity contribution >= 4 is 29.1 Å². The standard InChI is InChI=1S/C17H17Cl2NO2/c1-20(2)16(21)17(22-3,12-4-8-14(18)9-5-12)13-6-10-15(19)11-7-13/h4-11H,1-3H3. The van der Waals surface area contributed by atoms with E-state index in [4.69, 9.17) is 27.9 Å². The number of likely N-dealkylation sites (N-methyl/N-ethyl adjacent to an activating group) is 1. The lowest BCUT2D eigenvalue weighted by molar-refractivity contribution is -0.148. The minimum absolute atomic E-state index is 0.181. The molecule has 1 amide bonds. The Morgan fingerprint density at radius 1 is 0.909 bits per heavy atom. The third-order valence-corrected chi connectivity index (χ3v) is 4.02. The summed E-state index contributed by atoms with van der Waals surface area (Å²) in [6, 6.07) is 14.1. The van der Waals surface area contributed by atoms with Crippen molar-refractivity contribution in [3.63, 3.8) is 0 Å². The van der Waals surface area contributed by atoms with Gasteiger partial charge in [-0.1, -0.05) is 47.5 Å². The SMILES string of the molecule is COC(C(=O)N(C)C)(c1ccc(Cl)cc1)c1ccc(Cl)cc1. The van der Waals surface area contributed by atoms with Crippen LogP contribution in [0.1, 0.15) is 11.1 Å². The van der Waals surface area contributed by atoms with E-state index in [1.54, 1.807) is 62.6 Å². The molecular formula is C17H17Cl2NO2. The third kappa shape index (κ3) is 2.98. The van der Waals surface area contributed by atoms with Gasteiger partial charge in [-0.15, -0.1) is 0 Å². The monoisotopic (exact) mass is 337 g/mol. The Hall–Kier alpha value is -1.55.